The lowest BCUT2D eigenvalue weighted by Crippen LogP contribution is -2.57. The zero-order valence-electron chi connectivity index (χ0n) is 17.0. The van der Waals surface area contributed by atoms with Gasteiger partial charge in [-0.05, 0) is 30.5 Å². The molecule has 9 N–H and O–H groups in total. The Bertz CT molecular complexity index is 829. The van der Waals surface area contributed by atoms with Gasteiger partial charge in [-0.25, -0.2) is 0 Å². The molecule has 0 spiro atoms. The van der Waals surface area contributed by atoms with Gasteiger partial charge in [-0.3, -0.25) is 24.0 Å². The number of rotatable bonds is 13. The molecule has 0 heterocycles. The molecule has 0 radical (unpaired) electrons. The number of aliphatic hydroxyl groups is 1. The van der Waals surface area contributed by atoms with Crippen LogP contribution in [0, 0.1) is 0 Å². The van der Waals surface area contributed by atoms with E-state index in [1.54, 1.807) is 12.1 Å². The van der Waals surface area contributed by atoms with Crippen molar-refractivity contribution in [3.63, 3.8) is 0 Å². The van der Waals surface area contributed by atoms with Crippen molar-refractivity contribution < 1.29 is 44.4 Å². The molecule has 0 bridgehead atoms. The van der Waals surface area contributed by atoms with Gasteiger partial charge in [0.1, 0.15) is 24.4 Å². The first-order chi connectivity index (χ1) is 15.0. The Hall–Kier alpha value is -3.71. The van der Waals surface area contributed by atoms with Gasteiger partial charge in [0.2, 0.25) is 17.7 Å². The lowest BCUT2D eigenvalue weighted by Gasteiger charge is -2.23. The highest BCUT2D eigenvalue weighted by Gasteiger charge is 2.28. The smallest absolute Gasteiger partial charge is 0.322 e. The molecule has 0 saturated carbocycles. The fourth-order valence-electron chi connectivity index (χ4n) is 2.55. The maximum Gasteiger partial charge on any atom is 0.322 e. The molecule has 13 nitrogen and oxygen atoms in total. The van der Waals surface area contributed by atoms with Crippen LogP contribution in [0.4, 0.5) is 0 Å². The Balaban J connectivity index is 2.81. The van der Waals surface area contributed by atoms with E-state index in [1.807, 2.05) is 5.32 Å². The van der Waals surface area contributed by atoms with Crippen LogP contribution in [0.1, 0.15) is 18.4 Å². The van der Waals surface area contributed by atoms with Crippen molar-refractivity contribution >= 4 is 29.7 Å². The maximum atomic E-state index is 12.5. The van der Waals surface area contributed by atoms with Crippen molar-refractivity contribution in [1.82, 2.24) is 16.0 Å². The van der Waals surface area contributed by atoms with E-state index in [9.17, 15) is 34.2 Å². The van der Waals surface area contributed by atoms with Crippen molar-refractivity contribution in [1.29, 1.82) is 0 Å². The summed E-state index contributed by atoms with van der Waals surface area (Å²) in [6.45, 7) is -1.60. The number of carbonyl (C=O) groups excluding carboxylic acids is 3. The molecule has 176 valence electrons. The van der Waals surface area contributed by atoms with Crippen LogP contribution in [0.2, 0.25) is 0 Å². The van der Waals surface area contributed by atoms with Gasteiger partial charge in [0.05, 0.1) is 12.6 Å². The second-order valence-corrected chi connectivity index (χ2v) is 6.83. The summed E-state index contributed by atoms with van der Waals surface area (Å²) in [5.41, 5.74) is 6.48. The summed E-state index contributed by atoms with van der Waals surface area (Å²) in [6, 6.07) is 1.92. The summed E-state index contributed by atoms with van der Waals surface area (Å²) >= 11 is 0. The molecule has 3 atom stereocenters. The number of hydrogen-bond donors (Lipinski definition) is 8. The summed E-state index contributed by atoms with van der Waals surface area (Å²) in [5.74, 6) is -5.24. The minimum Gasteiger partial charge on any atom is -0.508 e. The second kappa shape index (κ2) is 12.9. The average Bonchev–Trinajstić information content (AvgIpc) is 2.74. The number of benzene rings is 1. The first kappa shape index (κ1) is 26.3. The molecule has 3 unspecified atom stereocenters. The van der Waals surface area contributed by atoms with Crippen LogP contribution in [0.5, 0.6) is 5.75 Å². The Morgan fingerprint density at radius 2 is 1.47 bits per heavy atom. The third kappa shape index (κ3) is 9.40. The van der Waals surface area contributed by atoms with E-state index >= 15 is 0 Å². The number of aliphatic carboxylic acids is 2. The van der Waals surface area contributed by atoms with Gasteiger partial charge >= 0.3 is 11.9 Å². The Kier molecular flexibility index (Phi) is 10.6. The number of amides is 3. The minimum absolute atomic E-state index is 0.0306. The van der Waals surface area contributed by atoms with Crippen LogP contribution in [-0.4, -0.2) is 81.4 Å². The first-order valence-electron chi connectivity index (χ1n) is 9.49. The molecule has 1 rings (SSSR count). The van der Waals surface area contributed by atoms with E-state index in [2.05, 4.69) is 10.6 Å². The zero-order valence-corrected chi connectivity index (χ0v) is 17.0. The molecule has 1 aromatic carbocycles. The fourth-order valence-corrected chi connectivity index (χ4v) is 2.55. The molecular formula is C19H26N4O9. The third-order valence-electron chi connectivity index (χ3n) is 4.24. The Morgan fingerprint density at radius 3 is 2.00 bits per heavy atom. The van der Waals surface area contributed by atoms with Gasteiger partial charge in [0.15, 0.2) is 0 Å². The van der Waals surface area contributed by atoms with E-state index in [1.165, 1.54) is 12.1 Å². The zero-order chi connectivity index (χ0) is 24.3. The van der Waals surface area contributed by atoms with E-state index < -0.39 is 67.4 Å². The Labute approximate surface area is 182 Å². The summed E-state index contributed by atoms with van der Waals surface area (Å²) in [5, 5.41) is 42.6. The molecule has 0 aliphatic heterocycles. The number of phenols is 1. The predicted octanol–water partition coefficient (Wildman–Crippen LogP) is -2.71. The molecule has 3 amide bonds. The molecule has 13 heteroatoms. The number of carboxylic acids is 2. The van der Waals surface area contributed by atoms with Crippen LogP contribution in [0.3, 0.4) is 0 Å². The van der Waals surface area contributed by atoms with Crippen LogP contribution < -0.4 is 21.7 Å². The van der Waals surface area contributed by atoms with Gasteiger partial charge in [-0.2, -0.15) is 0 Å². The van der Waals surface area contributed by atoms with Gasteiger partial charge in [-0.15, -0.1) is 0 Å². The predicted molar refractivity (Wildman–Crippen MR) is 108 cm³/mol. The van der Waals surface area contributed by atoms with Gasteiger partial charge < -0.3 is 42.1 Å². The van der Waals surface area contributed by atoms with Gasteiger partial charge in [0, 0.05) is 6.42 Å². The normalized spacial score (nSPS) is 13.3. The highest BCUT2D eigenvalue weighted by molar-refractivity contribution is 5.94. The van der Waals surface area contributed by atoms with Crippen molar-refractivity contribution in [2.45, 2.75) is 37.4 Å². The number of phenolic OH excluding ortho intramolecular Hbond substituents is 1. The van der Waals surface area contributed by atoms with Crippen molar-refractivity contribution in [2.75, 3.05) is 13.2 Å². The number of aliphatic hydroxyl groups excluding tert-OH is 1. The van der Waals surface area contributed by atoms with E-state index in [4.69, 9.17) is 15.9 Å². The molecule has 0 saturated heterocycles. The lowest BCUT2D eigenvalue weighted by molar-refractivity contribution is -0.139. The summed E-state index contributed by atoms with van der Waals surface area (Å²) in [4.78, 5) is 58.3. The third-order valence-corrected chi connectivity index (χ3v) is 4.24. The molecular weight excluding hydrogens is 428 g/mol. The number of hydrogen-bond acceptors (Lipinski definition) is 8. The SMILES string of the molecule is NC(Cc1ccc(O)cc1)C(=O)NC(CCC(=O)O)C(=O)NC(CO)C(=O)NCC(=O)O. The van der Waals surface area contributed by atoms with Crippen LogP contribution in [0.15, 0.2) is 24.3 Å². The second-order valence-electron chi connectivity index (χ2n) is 6.83. The lowest BCUT2D eigenvalue weighted by atomic mass is 10.0. The number of carboxylic acid groups (broad SMARTS) is 2. The van der Waals surface area contributed by atoms with Crippen molar-refractivity contribution in [3.05, 3.63) is 29.8 Å². The highest BCUT2D eigenvalue weighted by Crippen LogP contribution is 2.11. The molecule has 0 aliphatic carbocycles. The monoisotopic (exact) mass is 454 g/mol. The van der Waals surface area contributed by atoms with Crippen LogP contribution >= 0.6 is 0 Å². The average molecular weight is 454 g/mol. The quantitative estimate of drug-likeness (QED) is 0.154. The minimum atomic E-state index is -1.52. The summed E-state index contributed by atoms with van der Waals surface area (Å²) < 4.78 is 0. The Morgan fingerprint density at radius 1 is 0.875 bits per heavy atom. The fraction of sp³-hybridized carbons (Fsp3) is 0.421. The summed E-state index contributed by atoms with van der Waals surface area (Å²) in [7, 11) is 0. The standard InChI is InChI=1S/C19H26N4O9/c20-12(7-10-1-3-11(25)4-2-10)17(30)22-13(5-6-15(26)27)19(32)23-14(9-24)18(31)21-8-16(28)29/h1-4,12-14,24-25H,5-9,20H2,(H,21,31)(H,22,30)(H,23,32)(H,26,27)(H,28,29). The largest absolute Gasteiger partial charge is 0.508 e. The van der Waals surface area contributed by atoms with Crippen LogP contribution in [0.25, 0.3) is 0 Å². The molecule has 32 heavy (non-hydrogen) atoms. The number of nitrogens with one attached hydrogen (secondary N) is 3. The van der Waals surface area contributed by atoms with E-state index in [-0.39, 0.29) is 18.6 Å². The molecule has 1 aromatic rings. The maximum absolute atomic E-state index is 12.5. The van der Waals surface area contributed by atoms with Gasteiger partial charge in [-0.1, -0.05) is 12.1 Å². The topological polar surface area (TPSA) is 228 Å². The number of aromatic hydroxyl groups is 1. The van der Waals surface area contributed by atoms with Crippen molar-refractivity contribution in [3.8, 4) is 5.75 Å². The molecule has 0 aliphatic rings. The van der Waals surface area contributed by atoms with Gasteiger partial charge in [0.25, 0.3) is 0 Å². The number of carbonyl (C=O) groups is 5. The van der Waals surface area contributed by atoms with E-state index in [0.29, 0.717) is 5.56 Å². The first-order valence-corrected chi connectivity index (χ1v) is 9.49. The molecule has 0 aromatic heterocycles. The van der Waals surface area contributed by atoms with Crippen molar-refractivity contribution in [2.24, 2.45) is 5.73 Å². The van der Waals surface area contributed by atoms with E-state index in [0.717, 1.165) is 0 Å². The summed E-state index contributed by atoms with van der Waals surface area (Å²) in [6.07, 6.45) is -0.745. The van der Waals surface area contributed by atoms with Crippen LogP contribution in [-0.2, 0) is 30.4 Å². The number of nitrogens with two attached hydrogens (primary N) is 1. The highest BCUT2D eigenvalue weighted by atomic mass is 16.4. The molecule has 0 fully saturated rings.